The summed E-state index contributed by atoms with van der Waals surface area (Å²) in [6, 6.07) is 8.95. The van der Waals surface area contributed by atoms with Crippen molar-refractivity contribution in [3.63, 3.8) is 0 Å². The van der Waals surface area contributed by atoms with Gasteiger partial charge in [0.25, 0.3) is 0 Å². The molecule has 1 fully saturated rings. The topological polar surface area (TPSA) is 30.5 Å². The predicted molar refractivity (Wildman–Crippen MR) is 86.6 cm³/mol. The molecular formula is C18H29NO2. The second-order valence-corrected chi connectivity index (χ2v) is 6.23. The van der Waals surface area contributed by atoms with E-state index in [1.807, 2.05) is 0 Å². The van der Waals surface area contributed by atoms with Gasteiger partial charge >= 0.3 is 0 Å². The van der Waals surface area contributed by atoms with Crippen molar-refractivity contribution in [3.05, 3.63) is 35.4 Å². The summed E-state index contributed by atoms with van der Waals surface area (Å²) in [5, 5.41) is 3.49. The van der Waals surface area contributed by atoms with Crippen LogP contribution in [0.15, 0.2) is 24.3 Å². The minimum Gasteiger partial charge on any atom is -0.376 e. The van der Waals surface area contributed by atoms with Crippen molar-refractivity contribution < 1.29 is 9.47 Å². The van der Waals surface area contributed by atoms with Gasteiger partial charge < -0.3 is 14.8 Å². The second-order valence-electron chi connectivity index (χ2n) is 6.23. The fourth-order valence-corrected chi connectivity index (χ4v) is 2.71. The maximum absolute atomic E-state index is 6.21. The van der Waals surface area contributed by atoms with Gasteiger partial charge in [-0.2, -0.15) is 0 Å². The van der Waals surface area contributed by atoms with Crippen LogP contribution in [0.1, 0.15) is 50.3 Å². The Morgan fingerprint density at radius 2 is 2.10 bits per heavy atom. The zero-order valence-electron chi connectivity index (χ0n) is 13.6. The minimum atomic E-state index is 0.0964. The smallest absolute Gasteiger partial charge is 0.0953 e. The van der Waals surface area contributed by atoms with Crippen LogP contribution in [0.3, 0.4) is 0 Å². The number of benzene rings is 1. The lowest BCUT2D eigenvalue weighted by Gasteiger charge is -2.27. The first kappa shape index (κ1) is 16.5. The van der Waals surface area contributed by atoms with Crippen LogP contribution < -0.4 is 5.32 Å². The molecule has 0 aliphatic carbocycles. The van der Waals surface area contributed by atoms with Crippen molar-refractivity contribution in [2.24, 2.45) is 0 Å². The Hall–Kier alpha value is -0.900. The summed E-state index contributed by atoms with van der Waals surface area (Å²) in [4.78, 5) is 0. The maximum Gasteiger partial charge on any atom is 0.0953 e. The van der Waals surface area contributed by atoms with E-state index in [0.717, 1.165) is 19.6 Å². The highest BCUT2D eigenvalue weighted by atomic mass is 16.5. The molecular weight excluding hydrogens is 262 g/mol. The minimum absolute atomic E-state index is 0.0964. The molecule has 0 bridgehead atoms. The monoisotopic (exact) mass is 291 g/mol. The SMILES string of the molecule is Cc1ccccc1C(CNC(C)C)OCC1CCCCO1. The molecule has 0 radical (unpaired) electrons. The molecule has 1 aromatic rings. The van der Waals surface area contributed by atoms with Crippen LogP contribution in [0.2, 0.25) is 0 Å². The highest BCUT2D eigenvalue weighted by Crippen LogP contribution is 2.22. The lowest BCUT2D eigenvalue weighted by atomic mass is 10.0. The highest BCUT2D eigenvalue weighted by molar-refractivity contribution is 5.28. The lowest BCUT2D eigenvalue weighted by Crippen LogP contribution is -2.32. The second kappa shape index (κ2) is 8.52. The summed E-state index contributed by atoms with van der Waals surface area (Å²) < 4.78 is 12.0. The number of rotatable bonds is 7. The third-order valence-corrected chi connectivity index (χ3v) is 4.00. The Morgan fingerprint density at radius 1 is 1.29 bits per heavy atom. The van der Waals surface area contributed by atoms with E-state index in [1.165, 1.54) is 24.0 Å². The summed E-state index contributed by atoms with van der Waals surface area (Å²) in [6.45, 7) is 8.90. The first-order valence-corrected chi connectivity index (χ1v) is 8.19. The molecule has 0 amide bonds. The molecule has 0 saturated carbocycles. The van der Waals surface area contributed by atoms with E-state index >= 15 is 0 Å². The predicted octanol–water partition coefficient (Wildman–Crippen LogP) is 3.62. The van der Waals surface area contributed by atoms with Crippen LogP contribution in [-0.2, 0) is 9.47 Å². The molecule has 21 heavy (non-hydrogen) atoms. The van der Waals surface area contributed by atoms with E-state index in [4.69, 9.17) is 9.47 Å². The number of ether oxygens (including phenoxy) is 2. The van der Waals surface area contributed by atoms with E-state index < -0.39 is 0 Å². The molecule has 118 valence electrons. The number of hydrogen-bond donors (Lipinski definition) is 1. The van der Waals surface area contributed by atoms with Crippen molar-refractivity contribution in [3.8, 4) is 0 Å². The summed E-state index contributed by atoms with van der Waals surface area (Å²) >= 11 is 0. The number of hydrogen-bond acceptors (Lipinski definition) is 3. The molecule has 0 aromatic heterocycles. The van der Waals surface area contributed by atoms with Crippen molar-refractivity contribution >= 4 is 0 Å². The highest BCUT2D eigenvalue weighted by Gasteiger charge is 2.19. The standard InChI is InChI=1S/C18H29NO2/c1-14(2)19-12-18(17-10-5-4-8-15(17)3)21-13-16-9-6-7-11-20-16/h4-5,8,10,14,16,18-19H,6-7,9,11-13H2,1-3H3. The number of nitrogens with one attached hydrogen (secondary N) is 1. The van der Waals surface area contributed by atoms with Gasteiger partial charge in [0.05, 0.1) is 18.8 Å². The molecule has 0 spiro atoms. The summed E-state index contributed by atoms with van der Waals surface area (Å²) in [6.07, 6.45) is 3.93. The van der Waals surface area contributed by atoms with Gasteiger partial charge in [-0.15, -0.1) is 0 Å². The van der Waals surface area contributed by atoms with Crippen LogP contribution in [0.4, 0.5) is 0 Å². The van der Waals surface area contributed by atoms with E-state index in [9.17, 15) is 0 Å². The average Bonchev–Trinajstić information content (AvgIpc) is 2.49. The molecule has 1 aliphatic rings. The van der Waals surface area contributed by atoms with Gasteiger partial charge in [-0.1, -0.05) is 38.1 Å². The lowest BCUT2D eigenvalue weighted by molar-refractivity contribution is -0.0637. The molecule has 2 unspecified atom stereocenters. The quantitative estimate of drug-likeness (QED) is 0.832. The third kappa shape index (κ3) is 5.42. The fraction of sp³-hybridized carbons (Fsp3) is 0.667. The van der Waals surface area contributed by atoms with Gasteiger partial charge in [0.15, 0.2) is 0 Å². The summed E-state index contributed by atoms with van der Waals surface area (Å²) in [5.74, 6) is 0. The average molecular weight is 291 g/mol. The Kier molecular flexibility index (Phi) is 6.68. The maximum atomic E-state index is 6.21. The molecule has 1 saturated heterocycles. The molecule has 1 heterocycles. The van der Waals surface area contributed by atoms with Gasteiger partial charge in [0.2, 0.25) is 0 Å². The number of aryl methyl sites for hydroxylation is 1. The van der Waals surface area contributed by atoms with Gasteiger partial charge in [-0.05, 0) is 37.3 Å². The molecule has 1 aliphatic heterocycles. The van der Waals surface area contributed by atoms with Crippen LogP contribution in [-0.4, -0.2) is 31.9 Å². The Balaban J connectivity index is 1.96. The zero-order chi connectivity index (χ0) is 15.1. The van der Waals surface area contributed by atoms with Gasteiger partial charge in [-0.3, -0.25) is 0 Å². The molecule has 3 heteroatoms. The van der Waals surface area contributed by atoms with Gasteiger partial charge in [0.1, 0.15) is 0 Å². The van der Waals surface area contributed by atoms with Crippen LogP contribution in [0, 0.1) is 6.92 Å². The van der Waals surface area contributed by atoms with Crippen LogP contribution in [0.5, 0.6) is 0 Å². The summed E-state index contributed by atoms with van der Waals surface area (Å²) in [7, 11) is 0. The first-order valence-electron chi connectivity index (χ1n) is 8.19. The fourth-order valence-electron chi connectivity index (χ4n) is 2.71. The third-order valence-electron chi connectivity index (χ3n) is 4.00. The van der Waals surface area contributed by atoms with Crippen molar-refractivity contribution in [1.82, 2.24) is 5.32 Å². The van der Waals surface area contributed by atoms with Crippen molar-refractivity contribution in [1.29, 1.82) is 0 Å². The Bertz CT molecular complexity index is 413. The molecule has 1 aromatic carbocycles. The van der Waals surface area contributed by atoms with Crippen molar-refractivity contribution in [2.75, 3.05) is 19.8 Å². The van der Waals surface area contributed by atoms with E-state index in [0.29, 0.717) is 12.6 Å². The summed E-state index contributed by atoms with van der Waals surface area (Å²) in [5.41, 5.74) is 2.57. The van der Waals surface area contributed by atoms with E-state index in [-0.39, 0.29) is 12.2 Å². The largest absolute Gasteiger partial charge is 0.376 e. The Labute approximate surface area is 129 Å². The first-order chi connectivity index (χ1) is 10.2. The van der Waals surface area contributed by atoms with Crippen molar-refractivity contribution in [2.45, 2.75) is 58.3 Å². The molecule has 1 N–H and O–H groups in total. The Morgan fingerprint density at radius 3 is 2.76 bits per heavy atom. The molecule has 2 rings (SSSR count). The normalized spacial score (nSPS) is 20.7. The van der Waals surface area contributed by atoms with Crippen LogP contribution >= 0.6 is 0 Å². The van der Waals surface area contributed by atoms with E-state index in [1.54, 1.807) is 0 Å². The van der Waals surface area contributed by atoms with Gasteiger partial charge in [0, 0.05) is 19.2 Å². The van der Waals surface area contributed by atoms with Gasteiger partial charge in [-0.25, -0.2) is 0 Å². The van der Waals surface area contributed by atoms with Crippen LogP contribution in [0.25, 0.3) is 0 Å². The van der Waals surface area contributed by atoms with E-state index in [2.05, 4.69) is 50.4 Å². The zero-order valence-corrected chi connectivity index (χ0v) is 13.6. The molecule has 3 nitrogen and oxygen atoms in total. The molecule has 2 atom stereocenters.